The average molecular weight is 224 g/mol. The number of amides is 1. The standard InChI is InChI=1S/C11H16N2O3/c1-7(6-12)13(2)11(16)8-3-4-9(14)10(15)5-8/h3-5,7,14-15H,6,12H2,1-2H3. The number of phenolic OH excluding ortho intramolecular Hbond substituents is 2. The van der Waals surface area contributed by atoms with Crippen molar-refractivity contribution in [3.05, 3.63) is 23.8 Å². The van der Waals surface area contributed by atoms with Gasteiger partial charge in [-0.3, -0.25) is 4.79 Å². The first-order chi connectivity index (χ1) is 7.47. The summed E-state index contributed by atoms with van der Waals surface area (Å²) in [4.78, 5) is 13.4. The second-order valence-electron chi connectivity index (χ2n) is 3.70. The molecule has 0 saturated carbocycles. The number of aromatic hydroxyl groups is 2. The smallest absolute Gasteiger partial charge is 0.254 e. The summed E-state index contributed by atoms with van der Waals surface area (Å²) in [5, 5.41) is 18.4. The summed E-state index contributed by atoms with van der Waals surface area (Å²) in [5.41, 5.74) is 5.78. The van der Waals surface area contributed by atoms with E-state index in [2.05, 4.69) is 0 Å². The van der Waals surface area contributed by atoms with E-state index in [-0.39, 0.29) is 23.4 Å². The number of carbonyl (C=O) groups excluding carboxylic acids is 1. The zero-order valence-corrected chi connectivity index (χ0v) is 9.34. The minimum Gasteiger partial charge on any atom is -0.504 e. The molecule has 5 heteroatoms. The van der Waals surface area contributed by atoms with Crippen LogP contribution in [0.3, 0.4) is 0 Å². The van der Waals surface area contributed by atoms with Gasteiger partial charge in [0, 0.05) is 25.2 Å². The molecule has 0 aliphatic rings. The van der Waals surface area contributed by atoms with Crippen LogP contribution in [-0.2, 0) is 0 Å². The van der Waals surface area contributed by atoms with Crippen LogP contribution in [0.1, 0.15) is 17.3 Å². The molecule has 1 unspecified atom stereocenters. The van der Waals surface area contributed by atoms with Gasteiger partial charge in [0.2, 0.25) is 0 Å². The molecule has 5 nitrogen and oxygen atoms in total. The fourth-order valence-electron chi connectivity index (χ4n) is 1.22. The quantitative estimate of drug-likeness (QED) is 0.653. The van der Waals surface area contributed by atoms with E-state index in [0.29, 0.717) is 12.1 Å². The summed E-state index contributed by atoms with van der Waals surface area (Å²) >= 11 is 0. The maximum absolute atomic E-state index is 11.9. The lowest BCUT2D eigenvalue weighted by Crippen LogP contribution is -2.39. The second-order valence-corrected chi connectivity index (χ2v) is 3.70. The third-order valence-corrected chi connectivity index (χ3v) is 2.54. The number of phenols is 2. The van der Waals surface area contributed by atoms with Crippen LogP contribution in [0.25, 0.3) is 0 Å². The van der Waals surface area contributed by atoms with Gasteiger partial charge in [-0.25, -0.2) is 0 Å². The molecule has 1 atom stereocenters. The maximum Gasteiger partial charge on any atom is 0.254 e. The summed E-state index contributed by atoms with van der Waals surface area (Å²) in [6, 6.07) is 3.89. The van der Waals surface area contributed by atoms with Crippen molar-refractivity contribution in [1.29, 1.82) is 0 Å². The molecule has 4 N–H and O–H groups in total. The lowest BCUT2D eigenvalue weighted by molar-refractivity contribution is 0.0748. The Morgan fingerprint density at radius 3 is 2.56 bits per heavy atom. The van der Waals surface area contributed by atoms with Crippen molar-refractivity contribution in [3.8, 4) is 11.5 Å². The van der Waals surface area contributed by atoms with Crippen molar-refractivity contribution in [1.82, 2.24) is 4.90 Å². The number of benzene rings is 1. The molecule has 88 valence electrons. The predicted molar refractivity (Wildman–Crippen MR) is 60.4 cm³/mol. The van der Waals surface area contributed by atoms with Crippen molar-refractivity contribution in [2.24, 2.45) is 5.73 Å². The molecule has 0 heterocycles. The Balaban J connectivity index is 2.92. The fourth-order valence-corrected chi connectivity index (χ4v) is 1.22. The van der Waals surface area contributed by atoms with E-state index in [1.165, 1.54) is 23.1 Å². The molecule has 0 bridgehead atoms. The lowest BCUT2D eigenvalue weighted by atomic mass is 10.1. The predicted octanol–water partition coefficient (Wildman–Crippen LogP) is 0.517. The number of hydrogen-bond donors (Lipinski definition) is 3. The lowest BCUT2D eigenvalue weighted by Gasteiger charge is -2.23. The highest BCUT2D eigenvalue weighted by molar-refractivity contribution is 5.94. The SMILES string of the molecule is CC(CN)N(C)C(=O)c1ccc(O)c(O)c1. The largest absolute Gasteiger partial charge is 0.504 e. The molecule has 1 aromatic rings. The molecule has 0 aliphatic heterocycles. The number of rotatable bonds is 3. The van der Waals surface area contributed by atoms with E-state index < -0.39 is 0 Å². The van der Waals surface area contributed by atoms with E-state index >= 15 is 0 Å². The van der Waals surface area contributed by atoms with Crippen LogP contribution >= 0.6 is 0 Å². The van der Waals surface area contributed by atoms with Crippen molar-refractivity contribution in [3.63, 3.8) is 0 Å². The van der Waals surface area contributed by atoms with Crippen LogP contribution in [0.5, 0.6) is 11.5 Å². The highest BCUT2D eigenvalue weighted by atomic mass is 16.3. The topological polar surface area (TPSA) is 86.8 Å². The molecule has 0 saturated heterocycles. The van der Waals surface area contributed by atoms with Crippen molar-refractivity contribution in [2.75, 3.05) is 13.6 Å². The Kier molecular flexibility index (Phi) is 3.73. The van der Waals surface area contributed by atoms with E-state index in [1.54, 1.807) is 7.05 Å². The first-order valence-electron chi connectivity index (χ1n) is 4.96. The molecule has 0 spiro atoms. The summed E-state index contributed by atoms with van der Waals surface area (Å²) in [7, 11) is 1.64. The molecule has 0 aliphatic carbocycles. The van der Waals surface area contributed by atoms with Gasteiger partial charge in [-0.05, 0) is 25.1 Å². The zero-order valence-electron chi connectivity index (χ0n) is 9.34. The number of nitrogens with two attached hydrogens (primary N) is 1. The number of likely N-dealkylation sites (N-methyl/N-ethyl adjacent to an activating group) is 1. The maximum atomic E-state index is 11.9. The van der Waals surface area contributed by atoms with Gasteiger partial charge in [-0.15, -0.1) is 0 Å². The van der Waals surface area contributed by atoms with Crippen molar-refractivity contribution in [2.45, 2.75) is 13.0 Å². The van der Waals surface area contributed by atoms with Crippen LogP contribution in [0.2, 0.25) is 0 Å². The molecular formula is C11H16N2O3. The van der Waals surface area contributed by atoms with Gasteiger partial charge in [0.25, 0.3) is 5.91 Å². The number of nitrogens with zero attached hydrogens (tertiary/aromatic N) is 1. The molecule has 1 amide bonds. The Morgan fingerprint density at radius 1 is 1.44 bits per heavy atom. The van der Waals surface area contributed by atoms with E-state index in [9.17, 15) is 9.90 Å². The van der Waals surface area contributed by atoms with Crippen LogP contribution in [0, 0.1) is 0 Å². The normalized spacial score (nSPS) is 12.2. The van der Waals surface area contributed by atoms with Crippen LogP contribution < -0.4 is 5.73 Å². The fraction of sp³-hybridized carbons (Fsp3) is 0.364. The summed E-state index contributed by atoms with van der Waals surface area (Å²) < 4.78 is 0. The highest BCUT2D eigenvalue weighted by Gasteiger charge is 2.17. The van der Waals surface area contributed by atoms with Gasteiger partial charge >= 0.3 is 0 Å². The molecule has 0 aromatic heterocycles. The van der Waals surface area contributed by atoms with Crippen LogP contribution in [0.4, 0.5) is 0 Å². The second kappa shape index (κ2) is 4.85. The molecule has 0 radical (unpaired) electrons. The van der Waals surface area contributed by atoms with Crippen LogP contribution in [-0.4, -0.2) is 40.7 Å². The minimum atomic E-state index is -0.306. The molecule has 1 aromatic carbocycles. The molecule has 16 heavy (non-hydrogen) atoms. The molecular weight excluding hydrogens is 208 g/mol. The molecule has 1 rings (SSSR count). The van der Waals surface area contributed by atoms with Crippen molar-refractivity contribution >= 4 is 5.91 Å². The number of carbonyl (C=O) groups is 1. The van der Waals surface area contributed by atoms with Gasteiger partial charge in [0.1, 0.15) is 0 Å². The monoisotopic (exact) mass is 224 g/mol. The Hall–Kier alpha value is -1.75. The zero-order chi connectivity index (χ0) is 12.3. The Labute approximate surface area is 94.1 Å². The summed E-state index contributed by atoms with van der Waals surface area (Å²) in [5.74, 6) is -0.793. The third-order valence-electron chi connectivity index (χ3n) is 2.54. The molecule has 0 fully saturated rings. The summed E-state index contributed by atoms with van der Waals surface area (Å²) in [6.07, 6.45) is 0. The Bertz CT molecular complexity index is 393. The first kappa shape index (κ1) is 12.3. The third kappa shape index (κ3) is 2.43. The minimum absolute atomic E-state index is 0.0801. The van der Waals surface area contributed by atoms with Gasteiger partial charge in [-0.1, -0.05) is 0 Å². The van der Waals surface area contributed by atoms with Crippen molar-refractivity contribution < 1.29 is 15.0 Å². The van der Waals surface area contributed by atoms with Gasteiger partial charge < -0.3 is 20.8 Å². The first-order valence-corrected chi connectivity index (χ1v) is 4.96. The van der Waals surface area contributed by atoms with Gasteiger partial charge in [-0.2, -0.15) is 0 Å². The van der Waals surface area contributed by atoms with E-state index in [0.717, 1.165) is 0 Å². The Morgan fingerprint density at radius 2 is 2.06 bits per heavy atom. The van der Waals surface area contributed by atoms with Gasteiger partial charge in [0.05, 0.1) is 0 Å². The highest BCUT2D eigenvalue weighted by Crippen LogP contribution is 2.25. The summed E-state index contributed by atoms with van der Waals surface area (Å²) in [6.45, 7) is 2.20. The van der Waals surface area contributed by atoms with E-state index in [1.807, 2.05) is 6.92 Å². The van der Waals surface area contributed by atoms with E-state index in [4.69, 9.17) is 10.8 Å². The van der Waals surface area contributed by atoms with Crippen LogP contribution in [0.15, 0.2) is 18.2 Å². The average Bonchev–Trinajstić information content (AvgIpc) is 2.29. The number of hydrogen-bond acceptors (Lipinski definition) is 4. The van der Waals surface area contributed by atoms with Gasteiger partial charge in [0.15, 0.2) is 11.5 Å².